The van der Waals surface area contributed by atoms with Gasteiger partial charge in [0.15, 0.2) is 0 Å². The van der Waals surface area contributed by atoms with Crippen molar-refractivity contribution in [3.8, 4) is 0 Å². The predicted octanol–water partition coefficient (Wildman–Crippen LogP) is 0.735. The Bertz CT molecular complexity index is 399. The summed E-state index contributed by atoms with van der Waals surface area (Å²) in [5, 5.41) is 2.71. The van der Waals surface area contributed by atoms with Gasteiger partial charge in [0.05, 0.1) is 5.41 Å². The van der Waals surface area contributed by atoms with Crippen molar-refractivity contribution in [3.63, 3.8) is 0 Å². The van der Waals surface area contributed by atoms with Gasteiger partial charge in [0, 0.05) is 32.1 Å². The van der Waals surface area contributed by atoms with E-state index >= 15 is 0 Å². The molecule has 0 aromatic rings. The average Bonchev–Trinajstić information content (AvgIpc) is 2.84. The summed E-state index contributed by atoms with van der Waals surface area (Å²) in [6, 6.07) is 0.130. The van der Waals surface area contributed by atoms with E-state index in [0.717, 1.165) is 25.7 Å². The SMILES string of the molecule is CNC(=O)C1(C)CCN(C(=O)C2CCCC(N)C2C)C1. The highest BCUT2D eigenvalue weighted by Gasteiger charge is 2.44. The van der Waals surface area contributed by atoms with Crippen molar-refractivity contribution in [2.45, 2.75) is 45.6 Å². The first kappa shape index (κ1) is 15.3. The fraction of sp³-hybridized carbons (Fsp3) is 0.867. The summed E-state index contributed by atoms with van der Waals surface area (Å²) in [6.07, 6.45) is 3.72. The van der Waals surface area contributed by atoms with Gasteiger partial charge in [0.25, 0.3) is 0 Å². The molecule has 20 heavy (non-hydrogen) atoms. The highest BCUT2D eigenvalue weighted by molar-refractivity contribution is 5.85. The maximum atomic E-state index is 12.7. The average molecular weight is 281 g/mol. The topological polar surface area (TPSA) is 75.4 Å². The summed E-state index contributed by atoms with van der Waals surface area (Å²) in [5.41, 5.74) is 5.65. The standard InChI is InChI=1S/C15H27N3O2/c1-10-11(5-4-6-12(10)16)13(19)18-8-7-15(2,9-18)14(20)17-3/h10-12H,4-9,16H2,1-3H3,(H,17,20). The third-order valence-electron chi connectivity index (χ3n) is 5.24. The number of hydrogen-bond donors (Lipinski definition) is 2. The Morgan fingerprint density at radius 3 is 2.70 bits per heavy atom. The highest BCUT2D eigenvalue weighted by Crippen LogP contribution is 2.35. The lowest BCUT2D eigenvalue weighted by Crippen LogP contribution is -2.46. The van der Waals surface area contributed by atoms with Gasteiger partial charge in [-0.15, -0.1) is 0 Å². The second-order valence-corrected chi connectivity index (χ2v) is 6.71. The maximum absolute atomic E-state index is 12.7. The van der Waals surface area contributed by atoms with E-state index in [1.165, 1.54) is 0 Å². The van der Waals surface area contributed by atoms with Crippen molar-refractivity contribution in [1.82, 2.24) is 10.2 Å². The first-order valence-electron chi connectivity index (χ1n) is 7.65. The molecule has 5 heteroatoms. The second-order valence-electron chi connectivity index (χ2n) is 6.71. The van der Waals surface area contributed by atoms with Gasteiger partial charge in [-0.25, -0.2) is 0 Å². The van der Waals surface area contributed by atoms with Crippen LogP contribution < -0.4 is 11.1 Å². The lowest BCUT2D eigenvalue weighted by molar-refractivity contribution is -0.138. The quantitative estimate of drug-likeness (QED) is 0.783. The molecule has 0 aromatic carbocycles. The summed E-state index contributed by atoms with van der Waals surface area (Å²) < 4.78 is 0. The van der Waals surface area contributed by atoms with Crippen LogP contribution in [0, 0.1) is 17.3 Å². The zero-order chi connectivity index (χ0) is 14.9. The van der Waals surface area contributed by atoms with Crippen molar-refractivity contribution in [1.29, 1.82) is 0 Å². The van der Waals surface area contributed by atoms with E-state index in [4.69, 9.17) is 5.73 Å². The lowest BCUT2D eigenvalue weighted by atomic mass is 9.76. The van der Waals surface area contributed by atoms with Crippen LogP contribution in [-0.4, -0.2) is 42.9 Å². The Morgan fingerprint density at radius 1 is 1.35 bits per heavy atom. The minimum absolute atomic E-state index is 0.0289. The van der Waals surface area contributed by atoms with Crippen LogP contribution in [0.1, 0.15) is 39.5 Å². The first-order chi connectivity index (χ1) is 9.39. The van der Waals surface area contributed by atoms with Crippen molar-refractivity contribution < 1.29 is 9.59 Å². The zero-order valence-electron chi connectivity index (χ0n) is 12.8. The summed E-state index contributed by atoms with van der Waals surface area (Å²) in [4.78, 5) is 26.5. The molecule has 2 amide bonds. The molecule has 0 spiro atoms. The Labute approximate surface area is 121 Å². The van der Waals surface area contributed by atoms with E-state index in [-0.39, 0.29) is 29.7 Å². The Balaban J connectivity index is 2.02. The molecule has 1 saturated carbocycles. The van der Waals surface area contributed by atoms with Gasteiger partial charge < -0.3 is 16.0 Å². The van der Waals surface area contributed by atoms with E-state index < -0.39 is 5.41 Å². The van der Waals surface area contributed by atoms with Gasteiger partial charge in [0.2, 0.25) is 11.8 Å². The number of hydrogen-bond acceptors (Lipinski definition) is 3. The molecule has 0 radical (unpaired) electrons. The molecule has 1 saturated heterocycles. The normalized spacial score (nSPS) is 37.8. The molecule has 0 bridgehead atoms. The Hall–Kier alpha value is -1.10. The molecule has 2 fully saturated rings. The number of carbonyl (C=O) groups is 2. The van der Waals surface area contributed by atoms with E-state index in [9.17, 15) is 9.59 Å². The number of nitrogens with zero attached hydrogens (tertiary/aromatic N) is 1. The molecule has 1 aliphatic heterocycles. The monoisotopic (exact) mass is 281 g/mol. The molecule has 114 valence electrons. The third-order valence-corrected chi connectivity index (χ3v) is 5.24. The van der Waals surface area contributed by atoms with Gasteiger partial charge >= 0.3 is 0 Å². The number of nitrogens with one attached hydrogen (secondary N) is 1. The number of amides is 2. The fourth-order valence-electron chi connectivity index (χ4n) is 3.62. The summed E-state index contributed by atoms with van der Waals surface area (Å²) >= 11 is 0. The summed E-state index contributed by atoms with van der Waals surface area (Å²) in [5.74, 6) is 0.496. The number of carbonyl (C=O) groups excluding carboxylic acids is 2. The number of nitrogens with two attached hydrogens (primary N) is 1. The molecule has 3 N–H and O–H groups in total. The van der Waals surface area contributed by atoms with E-state index in [1.54, 1.807) is 7.05 Å². The van der Waals surface area contributed by atoms with Crippen LogP contribution in [0.3, 0.4) is 0 Å². The molecule has 2 aliphatic rings. The molecular weight excluding hydrogens is 254 g/mol. The molecule has 4 atom stereocenters. The molecule has 2 rings (SSSR count). The Kier molecular flexibility index (Phi) is 4.37. The minimum Gasteiger partial charge on any atom is -0.359 e. The zero-order valence-corrected chi connectivity index (χ0v) is 12.8. The van der Waals surface area contributed by atoms with Gasteiger partial charge in [-0.2, -0.15) is 0 Å². The van der Waals surface area contributed by atoms with Crippen molar-refractivity contribution in [3.05, 3.63) is 0 Å². The van der Waals surface area contributed by atoms with Crippen LogP contribution in [-0.2, 0) is 9.59 Å². The van der Waals surface area contributed by atoms with Gasteiger partial charge in [-0.05, 0) is 32.1 Å². The van der Waals surface area contributed by atoms with Crippen LogP contribution in [0.15, 0.2) is 0 Å². The molecule has 1 aliphatic carbocycles. The van der Waals surface area contributed by atoms with Crippen LogP contribution in [0.2, 0.25) is 0 Å². The molecule has 5 nitrogen and oxygen atoms in total. The number of rotatable bonds is 2. The van der Waals surface area contributed by atoms with Crippen molar-refractivity contribution >= 4 is 11.8 Å². The van der Waals surface area contributed by atoms with Crippen LogP contribution >= 0.6 is 0 Å². The van der Waals surface area contributed by atoms with Crippen LogP contribution in [0.25, 0.3) is 0 Å². The second kappa shape index (κ2) is 5.72. The van der Waals surface area contributed by atoms with Gasteiger partial charge in [-0.3, -0.25) is 9.59 Å². The third kappa shape index (κ3) is 2.68. The molecule has 1 heterocycles. The van der Waals surface area contributed by atoms with Crippen molar-refractivity contribution in [2.24, 2.45) is 23.0 Å². The predicted molar refractivity (Wildman–Crippen MR) is 77.9 cm³/mol. The summed E-state index contributed by atoms with van der Waals surface area (Å²) in [7, 11) is 1.65. The smallest absolute Gasteiger partial charge is 0.227 e. The van der Waals surface area contributed by atoms with E-state index in [2.05, 4.69) is 12.2 Å². The maximum Gasteiger partial charge on any atom is 0.227 e. The van der Waals surface area contributed by atoms with Crippen LogP contribution in [0.5, 0.6) is 0 Å². The van der Waals surface area contributed by atoms with Gasteiger partial charge in [0.1, 0.15) is 0 Å². The fourth-order valence-corrected chi connectivity index (χ4v) is 3.62. The van der Waals surface area contributed by atoms with Crippen molar-refractivity contribution in [2.75, 3.05) is 20.1 Å². The molecular formula is C15H27N3O2. The van der Waals surface area contributed by atoms with E-state index in [0.29, 0.717) is 13.1 Å². The minimum atomic E-state index is -0.440. The highest BCUT2D eigenvalue weighted by atomic mass is 16.2. The van der Waals surface area contributed by atoms with Gasteiger partial charge in [-0.1, -0.05) is 13.3 Å². The molecule has 4 unspecified atom stereocenters. The lowest BCUT2D eigenvalue weighted by Gasteiger charge is -2.35. The Morgan fingerprint density at radius 2 is 2.05 bits per heavy atom. The largest absolute Gasteiger partial charge is 0.359 e. The first-order valence-corrected chi connectivity index (χ1v) is 7.65. The number of likely N-dealkylation sites (tertiary alicyclic amines) is 1. The summed E-state index contributed by atoms with van der Waals surface area (Å²) in [6.45, 7) is 5.24. The van der Waals surface area contributed by atoms with Crippen LogP contribution in [0.4, 0.5) is 0 Å². The van der Waals surface area contributed by atoms with E-state index in [1.807, 2.05) is 11.8 Å². The molecule has 0 aromatic heterocycles.